The molecule has 0 spiro atoms. The Morgan fingerprint density at radius 2 is 2.21 bits per heavy atom. The van der Waals surface area contributed by atoms with Crippen LogP contribution in [0.4, 0.5) is 0 Å². The van der Waals surface area contributed by atoms with Gasteiger partial charge >= 0.3 is 5.97 Å². The molecule has 1 aromatic carbocycles. The minimum atomic E-state index is -0.826. The summed E-state index contributed by atoms with van der Waals surface area (Å²) in [7, 11) is 0. The summed E-state index contributed by atoms with van der Waals surface area (Å²) < 4.78 is 1.59. The van der Waals surface area contributed by atoms with Crippen molar-refractivity contribution in [3.63, 3.8) is 0 Å². The predicted molar refractivity (Wildman–Crippen MR) is 69.9 cm³/mol. The Hall–Kier alpha value is -1.95. The SMILES string of the molecule is Cc1cc(Cl)cc(-c2nnnn2CCCC(=O)O)c1. The molecule has 0 aliphatic heterocycles. The van der Waals surface area contributed by atoms with Gasteiger partial charge < -0.3 is 5.11 Å². The van der Waals surface area contributed by atoms with E-state index >= 15 is 0 Å². The fraction of sp³-hybridized carbons (Fsp3) is 0.333. The van der Waals surface area contributed by atoms with E-state index in [1.54, 1.807) is 10.7 Å². The molecule has 0 saturated carbocycles. The molecule has 1 heterocycles. The van der Waals surface area contributed by atoms with Crippen LogP contribution in [0.15, 0.2) is 18.2 Å². The first-order chi connectivity index (χ1) is 9.06. The molecule has 0 amide bonds. The Balaban J connectivity index is 2.21. The van der Waals surface area contributed by atoms with Crippen LogP contribution in [0.3, 0.4) is 0 Å². The van der Waals surface area contributed by atoms with Crippen LogP contribution in [0.2, 0.25) is 5.02 Å². The normalized spacial score (nSPS) is 10.6. The van der Waals surface area contributed by atoms with Crippen LogP contribution in [-0.2, 0) is 11.3 Å². The van der Waals surface area contributed by atoms with Gasteiger partial charge in [-0.1, -0.05) is 11.6 Å². The van der Waals surface area contributed by atoms with E-state index in [2.05, 4.69) is 15.5 Å². The third kappa shape index (κ3) is 3.51. The summed E-state index contributed by atoms with van der Waals surface area (Å²) in [4.78, 5) is 10.5. The molecule has 0 atom stereocenters. The second-order valence-electron chi connectivity index (χ2n) is 4.24. The minimum absolute atomic E-state index is 0.0911. The number of carboxylic acid groups (broad SMARTS) is 1. The van der Waals surface area contributed by atoms with Gasteiger partial charge in [0.15, 0.2) is 5.82 Å². The fourth-order valence-electron chi connectivity index (χ4n) is 1.81. The molecule has 1 aromatic heterocycles. The van der Waals surface area contributed by atoms with Crippen molar-refractivity contribution in [2.45, 2.75) is 26.3 Å². The smallest absolute Gasteiger partial charge is 0.303 e. The Morgan fingerprint density at radius 3 is 2.89 bits per heavy atom. The van der Waals surface area contributed by atoms with Crippen LogP contribution < -0.4 is 0 Å². The molecular weight excluding hydrogens is 268 g/mol. The van der Waals surface area contributed by atoms with Gasteiger partial charge in [0.2, 0.25) is 0 Å². The van der Waals surface area contributed by atoms with Crippen LogP contribution in [0.1, 0.15) is 18.4 Å². The highest BCUT2D eigenvalue weighted by Gasteiger charge is 2.10. The van der Waals surface area contributed by atoms with E-state index in [-0.39, 0.29) is 6.42 Å². The summed E-state index contributed by atoms with van der Waals surface area (Å²) >= 11 is 6.01. The maximum atomic E-state index is 10.5. The number of carboxylic acids is 1. The zero-order valence-electron chi connectivity index (χ0n) is 10.4. The van der Waals surface area contributed by atoms with E-state index in [1.165, 1.54) is 0 Å². The van der Waals surface area contributed by atoms with Crippen molar-refractivity contribution in [1.82, 2.24) is 20.2 Å². The number of rotatable bonds is 5. The molecule has 0 saturated heterocycles. The van der Waals surface area contributed by atoms with Crippen molar-refractivity contribution in [2.75, 3.05) is 0 Å². The quantitative estimate of drug-likeness (QED) is 0.908. The zero-order chi connectivity index (χ0) is 13.8. The molecule has 1 N–H and O–H groups in total. The summed E-state index contributed by atoms with van der Waals surface area (Å²) in [5.74, 6) is -0.232. The molecule has 19 heavy (non-hydrogen) atoms. The lowest BCUT2D eigenvalue weighted by molar-refractivity contribution is -0.137. The second kappa shape index (κ2) is 5.79. The molecule has 0 bridgehead atoms. The standard InChI is InChI=1S/C12H13ClN4O2/c1-8-5-9(7-10(13)6-8)12-14-15-16-17(12)4-2-3-11(18)19/h5-7H,2-4H2,1H3,(H,18,19). The third-order valence-corrected chi connectivity index (χ3v) is 2.81. The lowest BCUT2D eigenvalue weighted by Gasteiger charge is -2.05. The maximum Gasteiger partial charge on any atom is 0.303 e. The van der Waals surface area contributed by atoms with Gasteiger partial charge in [0.05, 0.1) is 0 Å². The molecule has 0 unspecified atom stereocenters. The fourth-order valence-corrected chi connectivity index (χ4v) is 2.10. The van der Waals surface area contributed by atoms with Crippen molar-refractivity contribution >= 4 is 17.6 Å². The van der Waals surface area contributed by atoms with Crippen molar-refractivity contribution in [3.8, 4) is 11.4 Å². The Kier molecular flexibility index (Phi) is 4.11. The van der Waals surface area contributed by atoms with Crippen LogP contribution in [0.25, 0.3) is 11.4 Å². The first-order valence-corrected chi connectivity index (χ1v) is 6.19. The van der Waals surface area contributed by atoms with Gasteiger partial charge in [-0.2, -0.15) is 0 Å². The molecule has 6 nitrogen and oxygen atoms in total. The van der Waals surface area contributed by atoms with Gasteiger partial charge in [0.25, 0.3) is 0 Å². The summed E-state index contributed by atoms with van der Waals surface area (Å²) in [5, 5.41) is 20.7. The highest BCUT2D eigenvalue weighted by atomic mass is 35.5. The number of aryl methyl sites for hydroxylation is 2. The number of hydrogen-bond acceptors (Lipinski definition) is 4. The van der Waals surface area contributed by atoms with E-state index in [4.69, 9.17) is 16.7 Å². The number of hydrogen-bond donors (Lipinski definition) is 1. The number of carbonyl (C=O) groups is 1. The minimum Gasteiger partial charge on any atom is -0.481 e. The molecule has 100 valence electrons. The van der Waals surface area contributed by atoms with E-state index < -0.39 is 5.97 Å². The highest BCUT2D eigenvalue weighted by molar-refractivity contribution is 6.30. The third-order valence-electron chi connectivity index (χ3n) is 2.59. The molecular formula is C12H13ClN4O2. The van der Waals surface area contributed by atoms with Crippen molar-refractivity contribution < 1.29 is 9.90 Å². The molecule has 7 heteroatoms. The van der Waals surface area contributed by atoms with Crippen LogP contribution in [-0.4, -0.2) is 31.3 Å². The lowest BCUT2D eigenvalue weighted by atomic mass is 10.1. The predicted octanol–water partition coefficient (Wildman–Crippen LogP) is 2.17. The van der Waals surface area contributed by atoms with E-state index in [9.17, 15) is 4.79 Å². The summed E-state index contributed by atoms with van der Waals surface area (Å²) in [6.07, 6.45) is 0.570. The molecule has 0 aliphatic rings. The second-order valence-corrected chi connectivity index (χ2v) is 4.68. The molecule has 2 aromatic rings. The van der Waals surface area contributed by atoms with Gasteiger partial charge in [-0.3, -0.25) is 4.79 Å². The Labute approximate surface area is 115 Å². The zero-order valence-corrected chi connectivity index (χ0v) is 11.1. The number of halogens is 1. The average Bonchev–Trinajstić information content (AvgIpc) is 2.75. The summed E-state index contributed by atoms with van der Waals surface area (Å²) in [6.45, 7) is 2.40. The number of tetrazole rings is 1. The molecule has 0 fully saturated rings. The first-order valence-electron chi connectivity index (χ1n) is 5.82. The summed E-state index contributed by atoms with van der Waals surface area (Å²) in [6, 6.07) is 5.57. The molecule has 0 aliphatic carbocycles. The summed E-state index contributed by atoms with van der Waals surface area (Å²) in [5.41, 5.74) is 1.84. The number of aromatic nitrogens is 4. The number of benzene rings is 1. The van der Waals surface area contributed by atoms with Gasteiger partial charge in [0.1, 0.15) is 0 Å². The van der Waals surface area contributed by atoms with Crippen molar-refractivity contribution in [3.05, 3.63) is 28.8 Å². The van der Waals surface area contributed by atoms with Crippen LogP contribution in [0.5, 0.6) is 0 Å². The first kappa shape index (κ1) is 13.5. The van der Waals surface area contributed by atoms with Gasteiger partial charge in [-0.05, 0) is 47.5 Å². The Morgan fingerprint density at radius 1 is 1.42 bits per heavy atom. The van der Waals surface area contributed by atoms with Gasteiger partial charge in [-0.15, -0.1) is 5.10 Å². The Bertz CT molecular complexity index is 577. The lowest BCUT2D eigenvalue weighted by Crippen LogP contribution is -2.05. The van der Waals surface area contributed by atoms with Gasteiger partial charge in [0, 0.05) is 23.6 Å². The monoisotopic (exact) mass is 280 g/mol. The van der Waals surface area contributed by atoms with E-state index in [0.717, 1.165) is 11.1 Å². The number of aliphatic carboxylic acids is 1. The van der Waals surface area contributed by atoms with Crippen LogP contribution >= 0.6 is 11.6 Å². The average molecular weight is 281 g/mol. The van der Waals surface area contributed by atoms with E-state index in [1.807, 2.05) is 19.1 Å². The van der Waals surface area contributed by atoms with E-state index in [0.29, 0.717) is 23.8 Å². The van der Waals surface area contributed by atoms with Crippen LogP contribution in [0, 0.1) is 6.92 Å². The van der Waals surface area contributed by atoms with Crippen molar-refractivity contribution in [2.24, 2.45) is 0 Å². The highest BCUT2D eigenvalue weighted by Crippen LogP contribution is 2.22. The molecule has 0 radical (unpaired) electrons. The number of nitrogens with zero attached hydrogens (tertiary/aromatic N) is 4. The van der Waals surface area contributed by atoms with Gasteiger partial charge in [-0.25, -0.2) is 4.68 Å². The maximum absolute atomic E-state index is 10.5. The van der Waals surface area contributed by atoms with Crippen molar-refractivity contribution in [1.29, 1.82) is 0 Å². The largest absolute Gasteiger partial charge is 0.481 e. The molecule has 2 rings (SSSR count). The topological polar surface area (TPSA) is 80.9 Å².